The van der Waals surface area contributed by atoms with E-state index >= 15 is 0 Å². The highest BCUT2D eigenvalue weighted by atomic mass is 35.5. The second-order valence-corrected chi connectivity index (χ2v) is 5.75. The fourth-order valence-corrected chi connectivity index (χ4v) is 2.79. The molecule has 1 aromatic carbocycles. The minimum absolute atomic E-state index is 0.0652. The van der Waals surface area contributed by atoms with E-state index < -0.39 is 5.82 Å². The zero-order valence-electron chi connectivity index (χ0n) is 12.1. The standard InChI is InChI=1S/C14H18ClFN5O/c15-12-9-11(1-2-13(12)16)21(10-14(17)18-19-21)6-3-20-4-7-22-8-5-20/h1-2,9-10H,3-8,17H2/q+1. The third-order valence-corrected chi connectivity index (χ3v) is 4.17. The van der Waals surface area contributed by atoms with Gasteiger partial charge < -0.3 is 10.5 Å². The molecule has 0 aromatic heterocycles. The highest BCUT2D eigenvalue weighted by molar-refractivity contribution is 6.31. The smallest absolute Gasteiger partial charge is 0.208 e. The van der Waals surface area contributed by atoms with Crippen LogP contribution in [0.2, 0.25) is 5.02 Å². The lowest BCUT2D eigenvalue weighted by atomic mass is 10.2. The van der Waals surface area contributed by atoms with Gasteiger partial charge in [-0.1, -0.05) is 16.7 Å². The maximum atomic E-state index is 13.4. The minimum atomic E-state index is -0.454. The first kappa shape index (κ1) is 15.4. The first-order valence-corrected chi connectivity index (χ1v) is 7.52. The van der Waals surface area contributed by atoms with Crippen LogP contribution in [-0.2, 0) is 4.74 Å². The largest absolute Gasteiger partial charge is 0.379 e. The number of morpholine rings is 1. The number of rotatable bonds is 4. The van der Waals surface area contributed by atoms with Crippen LogP contribution >= 0.6 is 11.6 Å². The van der Waals surface area contributed by atoms with Crippen LogP contribution in [0.4, 0.5) is 10.1 Å². The van der Waals surface area contributed by atoms with E-state index in [1.54, 1.807) is 18.3 Å². The topological polar surface area (TPSA) is 63.2 Å². The summed E-state index contributed by atoms with van der Waals surface area (Å²) >= 11 is 5.90. The summed E-state index contributed by atoms with van der Waals surface area (Å²) in [7, 11) is 0. The van der Waals surface area contributed by atoms with Gasteiger partial charge in [-0.25, -0.2) is 4.39 Å². The van der Waals surface area contributed by atoms with Crippen molar-refractivity contribution in [1.82, 2.24) is 9.49 Å². The summed E-state index contributed by atoms with van der Waals surface area (Å²) in [4.78, 5) is 2.30. The summed E-state index contributed by atoms with van der Waals surface area (Å²) in [6.45, 7) is 4.71. The molecule has 1 fully saturated rings. The maximum absolute atomic E-state index is 13.4. The molecule has 2 aliphatic heterocycles. The average molecular weight is 327 g/mol. The molecule has 1 unspecified atom stereocenters. The maximum Gasteiger partial charge on any atom is 0.208 e. The van der Waals surface area contributed by atoms with Crippen molar-refractivity contribution < 1.29 is 9.13 Å². The molecule has 118 valence electrons. The van der Waals surface area contributed by atoms with Crippen LogP contribution in [0.5, 0.6) is 0 Å². The van der Waals surface area contributed by atoms with Gasteiger partial charge in [0.05, 0.1) is 24.8 Å². The number of ether oxygens (including phenoxy) is 1. The van der Waals surface area contributed by atoms with Crippen molar-refractivity contribution in [2.45, 2.75) is 0 Å². The monoisotopic (exact) mass is 326 g/mol. The Hall–Kier alpha value is -1.54. The van der Waals surface area contributed by atoms with Crippen LogP contribution in [0.15, 0.2) is 40.6 Å². The number of halogens is 2. The van der Waals surface area contributed by atoms with E-state index in [2.05, 4.69) is 15.2 Å². The van der Waals surface area contributed by atoms with E-state index in [9.17, 15) is 4.39 Å². The molecular formula is C14H18ClFN5O+. The Morgan fingerprint density at radius 2 is 2.14 bits per heavy atom. The summed E-state index contributed by atoms with van der Waals surface area (Å²) in [5.41, 5.74) is 6.51. The van der Waals surface area contributed by atoms with Crippen LogP contribution in [-0.4, -0.2) is 44.3 Å². The Labute approximate surface area is 133 Å². The molecule has 1 saturated heterocycles. The minimum Gasteiger partial charge on any atom is -0.379 e. The Morgan fingerprint density at radius 1 is 1.36 bits per heavy atom. The van der Waals surface area contributed by atoms with Crippen LogP contribution in [0.3, 0.4) is 0 Å². The van der Waals surface area contributed by atoms with Gasteiger partial charge in [0, 0.05) is 30.4 Å². The van der Waals surface area contributed by atoms with Gasteiger partial charge in [-0.2, -0.15) is 0 Å². The summed E-state index contributed by atoms with van der Waals surface area (Å²) in [5.74, 6) is -0.104. The van der Waals surface area contributed by atoms with Crippen molar-refractivity contribution in [3.63, 3.8) is 0 Å². The number of benzene rings is 1. The van der Waals surface area contributed by atoms with Gasteiger partial charge in [-0.15, -0.1) is 4.59 Å². The molecule has 6 nitrogen and oxygen atoms in total. The second kappa shape index (κ2) is 6.29. The van der Waals surface area contributed by atoms with E-state index in [0.29, 0.717) is 12.4 Å². The zero-order chi connectivity index (χ0) is 15.6. The van der Waals surface area contributed by atoms with Crippen molar-refractivity contribution in [3.8, 4) is 0 Å². The van der Waals surface area contributed by atoms with Gasteiger partial charge in [0.1, 0.15) is 12.4 Å². The molecule has 1 atom stereocenters. The van der Waals surface area contributed by atoms with Crippen molar-refractivity contribution in [2.24, 2.45) is 16.1 Å². The quantitative estimate of drug-likeness (QED) is 0.863. The predicted molar refractivity (Wildman–Crippen MR) is 82.5 cm³/mol. The molecule has 8 heteroatoms. The van der Waals surface area contributed by atoms with Crippen LogP contribution in [0.1, 0.15) is 0 Å². The van der Waals surface area contributed by atoms with Crippen LogP contribution < -0.4 is 10.3 Å². The van der Waals surface area contributed by atoms with Crippen molar-refractivity contribution in [3.05, 3.63) is 41.1 Å². The number of quaternary nitrogens is 1. The summed E-state index contributed by atoms with van der Waals surface area (Å²) in [5, 5.41) is 8.28. The Bertz CT molecular complexity index is 617. The first-order chi connectivity index (χ1) is 10.6. The summed E-state index contributed by atoms with van der Waals surface area (Å²) < 4.78 is 18.9. The van der Waals surface area contributed by atoms with E-state index in [-0.39, 0.29) is 9.61 Å². The molecule has 0 spiro atoms. The third-order valence-electron chi connectivity index (χ3n) is 3.88. The van der Waals surface area contributed by atoms with Gasteiger partial charge in [0.25, 0.3) is 0 Å². The van der Waals surface area contributed by atoms with Crippen molar-refractivity contribution >= 4 is 17.3 Å². The molecule has 0 aliphatic carbocycles. The number of nitrogens with two attached hydrogens (primary N) is 1. The van der Waals surface area contributed by atoms with E-state index in [4.69, 9.17) is 22.1 Å². The number of hydrogen-bond donors (Lipinski definition) is 1. The molecule has 0 saturated carbocycles. The third kappa shape index (κ3) is 3.12. The van der Waals surface area contributed by atoms with E-state index in [0.717, 1.165) is 38.5 Å². The Balaban J connectivity index is 1.82. The lowest BCUT2D eigenvalue weighted by molar-refractivity contribution is 0.0354. The Kier molecular flexibility index (Phi) is 4.39. The van der Waals surface area contributed by atoms with Gasteiger partial charge in [0.15, 0.2) is 11.9 Å². The zero-order valence-corrected chi connectivity index (χ0v) is 12.8. The number of hydrogen-bond acceptors (Lipinski definition) is 5. The molecule has 3 rings (SSSR count). The van der Waals surface area contributed by atoms with Crippen molar-refractivity contribution in [1.29, 1.82) is 0 Å². The van der Waals surface area contributed by atoms with Crippen molar-refractivity contribution in [2.75, 3.05) is 39.4 Å². The van der Waals surface area contributed by atoms with E-state index in [1.807, 2.05) is 0 Å². The molecule has 1 aromatic rings. The molecule has 22 heavy (non-hydrogen) atoms. The van der Waals surface area contributed by atoms with Crippen LogP contribution in [0, 0.1) is 5.82 Å². The fraction of sp³-hybridized carbons (Fsp3) is 0.429. The lowest BCUT2D eigenvalue weighted by Crippen LogP contribution is -2.46. The van der Waals surface area contributed by atoms with Gasteiger partial charge >= 0.3 is 0 Å². The molecule has 0 amide bonds. The second-order valence-electron chi connectivity index (χ2n) is 5.35. The fourth-order valence-electron chi connectivity index (χ4n) is 2.61. The normalized spacial score (nSPS) is 25.5. The SMILES string of the molecule is NC1=C[N+](CCN2CCOCC2)(c2ccc(F)c(Cl)c2)N=N1. The highest BCUT2D eigenvalue weighted by Crippen LogP contribution is 2.32. The molecular weight excluding hydrogens is 309 g/mol. The van der Waals surface area contributed by atoms with Gasteiger partial charge in [0.2, 0.25) is 5.82 Å². The van der Waals surface area contributed by atoms with Crippen LogP contribution in [0.25, 0.3) is 0 Å². The Morgan fingerprint density at radius 3 is 2.77 bits per heavy atom. The molecule has 2 N–H and O–H groups in total. The van der Waals surface area contributed by atoms with Gasteiger partial charge in [-0.3, -0.25) is 4.90 Å². The molecule has 2 aliphatic rings. The van der Waals surface area contributed by atoms with E-state index in [1.165, 1.54) is 6.07 Å². The summed E-state index contributed by atoms with van der Waals surface area (Å²) in [6, 6.07) is 4.57. The number of nitrogens with zero attached hydrogens (tertiary/aromatic N) is 4. The predicted octanol–water partition coefficient (Wildman–Crippen LogP) is 2.26. The first-order valence-electron chi connectivity index (χ1n) is 7.14. The average Bonchev–Trinajstić information content (AvgIpc) is 2.92. The van der Waals surface area contributed by atoms with Gasteiger partial charge in [-0.05, 0) is 6.07 Å². The summed E-state index contributed by atoms with van der Waals surface area (Å²) in [6.07, 6.45) is 1.75. The lowest BCUT2D eigenvalue weighted by Gasteiger charge is -2.30. The molecule has 0 bridgehead atoms. The molecule has 2 heterocycles. The highest BCUT2D eigenvalue weighted by Gasteiger charge is 2.35. The molecule has 0 radical (unpaired) electrons.